The lowest BCUT2D eigenvalue weighted by atomic mass is 10.2. The number of morpholine rings is 1. The SMILES string of the molecule is C[NH+](CC(=O)Nc1ccc(N2CCOCC2)cc1)Cc1cccc(Cl)c1Cl. The molecule has 0 bridgehead atoms. The minimum atomic E-state index is -0.0372. The fourth-order valence-electron chi connectivity index (χ4n) is 3.13. The second kappa shape index (κ2) is 9.42. The number of anilines is 2. The molecule has 5 nitrogen and oxygen atoms in total. The first-order chi connectivity index (χ1) is 13.0. The van der Waals surface area contributed by atoms with Crippen LogP contribution in [0.5, 0.6) is 0 Å². The number of nitrogens with zero attached hydrogens (tertiary/aromatic N) is 1. The van der Waals surface area contributed by atoms with Crippen molar-refractivity contribution in [2.75, 3.05) is 50.1 Å². The average molecular weight is 409 g/mol. The Morgan fingerprint density at radius 3 is 2.56 bits per heavy atom. The summed E-state index contributed by atoms with van der Waals surface area (Å²) in [5.41, 5.74) is 2.88. The number of halogens is 2. The molecule has 0 saturated carbocycles. The number of likely N-dealkylation sites (N-methyl/N-ethyl adjacent to an activating group) is 1. The van der Waals surface area contributed by atoms with Gasteiger partial charge in [0.25, 0.3) is 5.91 Å². The molecule has 0 radical (unpaired) electrons. The van der Waals surface area contributed by atoms with Crippen LogP contribution in [0.15, 0.2) is 42.5 Å². The van der Waals surface area contributed by atoms with Crippen molar-refractivity contribution in [2.24, 2.45) is 0 Å². The van der Waals surface area contributed by atoms with Crippen molar-refractivity contribution in [2.45, 2.75) is 6.54 Å². The third kappa shape index (κ3) is 5.59. The summed E-state index contributed by atoms with van der Waals surface area (Å²) in [4.78, 5) is 15.6. The summed E-state index contributed by atoms with van der Waals surface area (Å²) >= 11 is 12.3. The molecule has 3 rings (SSSR count). The third-order valence-corrected chi connectivity index (χ3v) is 5.37. The summed E-state index contributed by atoms with van der Waals surface area (Å²) < 4.78 is 5.37. The van der Waals surface area contributed by atoms with E-state index in [1.807, 2.05) is 43.4 Å². The Balaban J connectivity index is 1.51. The van der Waals surface area contributed by atoms with Gasteiger partial charge in [0, 0.05) is 30.0 Å². The zero-order valence-electron chi connectivity index (χ0n) is 15.3. The van der Waals surface area contributed by atoms with E-state index >= 15 is 0 Å². The molecule has 1 atom stereocenters. The van der Waals surface area contributed by atoms with Gasteiger partial charge in [-0.15, -0.1) is 0 Å². The van der Waals surface area contributed by atoms with E-state index in [1.165, 1.54) is 0 Å². The largest absolute Gasteiger partial charge is 0.378 e. The fourth-order valence-corrected chi connectivity index (χ4v) is 3.52. The summed E-state index contributed by atoms with van der Waals surface area (Å²) in [6, 6.07) is 13.5. The van der Waals surface area contributed by atoms with Crippen LogP contribution in [0.3, 0.4) is 0 Å². The zero-order chi connectivity index (χ0) is 19.2. The van der Waals surface area contributed by atoms with Crippen molar-refractivity contribution >= 4 is 40.5 Å². The van der Waals surface area contributed by atoms with Crippen molar-refractivity contribution in [1.82, 2.24) is 0 Å². The van der Waals surface area contributed by atoms with E-state index in [1.54, 1.807) is 6.07 Å². The van der Waals surface area contributed by atoms with Gasteiger partial charge in [0.15, 0.2) is 6.54 Å². The summed E-state index contributed by atoms with van der Waals surface area (Å²) in [6.07, 6.45) is 0. The molecule has 1 aliphatic heterocycles. The maximum atomic E-state index is 12.3. The molecule has 2 aromatic rings. The van der Waals surface area contributed by atoms with E-state index in [4.69, 9.17) is 27.9 Å². The number of carbonyl (C=O) groups is 1. The van der Waals surface area contributed by atoms with Crippen LogP contribution in [-0.2, 0) is 16.1 Å². The molecule has 0 spiro atoms. The van der Waals surface area contributed by atoms with Gasteiger partial charge in [-0.25, -0.2) is 0 Å². The van der Waals surface area contributed by atoms with Crippen LogP contribution in [0.4, 0.5) is 11.4 Å². The zero-order valence-corrected chi connectivity index (χ0v) is 16.8. The highest BCUT2D eigenvalue weighted by Crippen LogP contribution is 2.24. The van der Waals surface area contributed by atoms with Crippen LogP contribution in [0.25, 0.3) is 0 Å². The number of amides is 1. The molecular weight excluding hydrogens is 385 g/mol. The van der Waals surface area contributed by atoms with E-state index in [0.29, 0.717) is 23.1 Å². The molecule has 144 valence electrons. The van der Waals surface area contributed by atoms with Crippen LogP contribution in [0, 0.1) is 0 Å². The Morgan fingerprint density at radius 1 is 1.15 bits per heavy atom. The van der Waals surface area contributed by atoms with E-state index < -0.39 is 0 Å². The van der Waals surface area contributed by atoms with E-state index in [2.05, 4.69) is 10.2 Å². The molecule has 1 amide bonds. The Bertz CT molecular complexity index is 777. The summed E-state index contributed by atoms with van der Waals surface area (Å²) in [6.45, 7) is 4.27. The van der Waals surface area contributed by atoms with Crippen molar-refractivity contribution in [3.05, 3.63) is 58.1 Å². The highest BCUT2D eigenvalue weighted by Gasteiger charge is 2.15. The molecule has 1 unspecified atom stereocenters. The predicted molar refractivity (Wildman–Crippen MR) is 110 cm³/mol. The quantitative estimate of drug-likeness (QED) is 0.771. The molecule has 0 aromatic heterocycles. The molecule has 0 aliphatic carbocycles. The van der Waals surface area contributed by atoms with Gasteiger partial charge in [0.1, 0.15) is 6.54 Å². The van der Waals surface area contributed by atoms with Gasteiger partial charge in [0.05, 0.1) is 30.3 Å². The molecule has 1 aliphatic rings. The molecule has 27 heavy (non-hydrogen) atoms. The Kier molecular flexibility index (Phi) is 6.96. The first-order valence-corrected chi connectivity index (χ1v) is 9.75. The Morgan fingerprint density at radius 2 is 1.85 bits per heavy atom. The number of quaternary nitrogens is 1. The summed E-state index contributed by atoms with van der Waals surface area (Å²) in [7, 11) is 1.96. The molecular formula is C20H24Cl2N3O2+. The van der Waals surface area contributed by atoms with Gasteiger partial charge in [-0.2, -0.15) is 0 Å². The minimum Gasteiger partial charge on any atom is -0.378 e. The average Bonchev–Trinajstić information content (AvgIpc) is 2.66. The topological polar surface area (TPSA) is 46.0 Å². The van der Waals surface area contributed by atoms with Crippen molar-refractivity contribution in [3.63, 3.8) is 0 Å². The monoisotopic (exact) mass is 408 g/mol. The van der Waals surface area contributed by atoms with Crippen molar-refractivity contribution < 1.29 is 14.4 Å². The summed E-state index contributed by atoms with van der Waals surface area (Å²) in [5, 5.41) is 4.04. The van der Waals surface area contributed by atoms with Gasteiger partial charge < -0.3 is 19.9 Å². The van der Waals surface area contributed by atoms with Crippen LogP contribution in [0.1, 0.15) is 5.56 Å². The maximum Gasteiger partial charge on any atom is 0.279 e. The number of hydrogen-bond acceptors (Lipinski definition) is 3. The van der Waals surface area contributed by atoms with Crippen molar-refractivity contribution in [3.8, 4) is 0 Å². The standard InChI is InChI=1S/C20H23Cl2N3O2/c1-24(13-15-3-2-4-18(21)20(15)22)14-19(26)23-16-5-7-17(8-6-16)25-9-11-27-12-10-25/h2-8H,9-14H2,1H3,(H,23,26)/p+1. The van der Waals surface area contributed by atoms with Crippen molar-refractivity contribution in [1.29, 1.82) is 0 Å². The number of ether oxygens (including phenoxy) is 1. The first-order valence-electron chi connectivity index (χ1n) is 9.00. The Hall–Kier alpha value is -1.79. The van der Waals surface area contributed by atoms with Gasteiger partial charge in [-0.3, -0.25) is 4.79 Å². The molecule has 1 heterocycles. The maximum absolute atomic E-state index is 12.3. The Labute approximate surface area is 169 Å². The molecule has 2 N–H and O–H groups in total. The van der Waals surface area contributed by atoms with E-state index in [0.717, 1.165) is 48.1 Å². The van der Waals surface area contributed by atoms with Crippen LogP contribution in [0.2, 0.25) is 10.0 Å². The number of carbonyl (C=O) groups excluding carboxylic acids is 1. The van der Waals surface area contributed by atoms with Gasteiger partial charge in [0.2, 0.25) is 0 Å². The lowest BCUT2D eigenvalue weighted by Crippen LogP contribution is -3.08. The predicted octanol–water partition coefficient (Wildman–Crippen LogP) is 2.48. The number of benzene rings is 2. The van der Waals surface area contributed by atoms with Crippen LogP contribution < -0.4 is 15.1 Å². The second-order valence-electron chi connectivity index (χ2n) is 6.72. The second-order valence-corrected chi connectivity index (χ2v) is 7.50. The number of nitrogens with one attached hydrogen (secondary N) is 2. The normalized spacial score (nSPS) is 15.4. The fraction of sp³-hybridized carbons (Fsp3) is 0.350. The van der Waals surface area contributed by atoms with Gasteiger partial charge >= 0.3 is 0 Å². The van der Waals surface area contributed by atoms with E-state index in [-0.39, 0.29) is 5.91 Å². The molecule has 1 saturated heterocycles. The number of hydrogen-bond donors (Lipinski definition) is 2. The molecule has 2 aromatic carbocycles. The highest BCUT2D eigenvalue weighted by molar-refractivity contribution is 6.42. The lowest BCUT2D eigenvalue weighted by molar-refractivity contribution is -0.885. The minimum absolute atomic E-state index is 0.0372. The van der Waals surface area contributed by atoms with Gasteiger partial charge in [-0.1, -0.05) is 35.3 Å². The lowest BCUT2D eigenvalue weighted by Gasteiger charge is -2.28. The van der Waals surface area contributed by atoms with Crippen LogP contribution in [-0.4, -0.2) is 45.8 Å². The molecule has 1 fully saturated rings. The first kappa shape index (κ1) is 20.0. The highest BCUT2D eigenvalue weighted by atomic mass is 35.5. The third-order valence-electron chi connectivity index (χ3n) is 4.51. The van der Waals surface area contributed by atoms with Crippen LogP contribution >= 0.6 is 23.2 Å². The van der Waals surface area contributed by atoms with E-state index in [9.17, 15) is 4.79 Å². The van der Waals surface area contributed by atoms with Gasteiger partial charge in [-0.05, 0) is 30.3 Å². The number of rotatable bonds is 6. The molecule has 7 heteroatoms. The smallest absolute Gasteiger partial charge is 0.279 e. The summed E-state index contributed by atoms with van der Waals surface area (Å²) in [5.74, 6) is -0.0372.